The van der Waals surface area contributed by atoms with E-state index in [1.807, 2.05) is 18.2 Å². The van der Waals surface area contributed by atoms with Crippen molar-refractivity contribution in [1.82, 2.24) is 15.2 Å². The molecule has 2 heterocycles. The van der Waals surface area contributed by atoms with Crippen LogP contribution >= 0.6 is 0 Å². The minimum absolute atomic E-state index is 0.205. The van der Waals surface area contributed by atoms with Gasteiger partial charge in [-0.3, -0.25) is 9.78 Å². The predicted octanol–water partition coefficient (Wildman–Crippen LogP) is 3.41. The maximum Gasteiger partial charge on any atom is 0.227 e. The monoisotopic (exact) mass is 351 g/mol. The fraction of sp³-hybridized carbons (Fsp3) is 0.455. The van der Waals surface area contributed by atoms with E-state index in [-0.39, 0.29) is 11.9 Å². The molecule has 0 spiro atoms. The second kappa shape index (κ2) is 8.95. The Kier molecular flexibility index (Phi) is 6.40. The highest BCUT2D eigenvalue weighted by molar-refractivity contribution is 5.79. The number of aromatic nitrogens is 1. The van der Waals surface area contributed by atoms with Crippen LogP contribution in [0.4, 0.5) is 0 Å². The minimum Gasteiger partial charge on any atom is -0.333 e. The summed E-state index contributed by atoms with van der Waals surface area (Å²) < 4.78 is 0. The number of carbonyl (C=O) groups excluding carboxylic acids is 1. The lowest BCUT2D eigenvalue weighted by molar-refractivity contribution is -0.133. The number of rotatable bonds is 5. The van der Waals surface area contributed by atoms with E-state index in [1.54, 1.807) is 6.20 Å². The van der Waals surface area contributed by atoms with E-state index in [2.05, 4.69) is 47.2 Å². The maximum atomic E-state index is 13.3. The number of nitrogens with one attached hydrogen (secondary N) is 1. The molecular weight excluding hydrogens is 322 g/mol. The Balaban J connectivity index is 1.81. The summed E-state index contributed by atoms with van der Waals surface area (Å²) in [6, 6.07) is 12.5. The van der Waals surface area contributed by atoms with E-state index in [9.17, 15) is 4.79 Å². The molecule has 0 radical (unpaired) electrons. The van der Waals surface area contributed by atoms with Crippen molar-refractivity contribution in [3.63, 3.8) is 0 Å². The van der Waals surface area contributed by atoms with Crippen molar-refractivity contribution in [2.24, 2.45) is 0 Å². The van der Waals surface area contributed by atoms with E-state index < -0.39 is 0 Å². The van der Waals surface area contributed by atoms with Gasteiger partial charge in [-0.15, -0.1) is 0 Å². The zero-order chi connectivity index (χ0) is 18.4. The van der Waals surface area contributed by atoms with Crippen molar-refractivity contribution < 1.29 is 4.79 Å². The zero-order valence-corrected chi connectivity index (χ0v) is 15.9. The Morgan fingerprint density at radius 2 is 2.08 bits per heavy atom. The quantitative estimate of drug-likeness (QED) is 0.898. The van der Waals surface area contributed by atoms with Gasteiger partial charge in [0.1, 0.15) is 0 Å². The third-order valence-corrected chi connectivity index (χ3v) is 5.21. The summed E-state index contributed by atoms with van der Waals surface area (Å²) in [6.45, 7) is 6.77. The summed E-state index contributed by atoms with van der Waals surface area (Å²) >= 11 is 0. The molecule has 4 nitrogen and oxygen atoms in total. The molecule has 3 rings (SSSR count). The summed E-state index contributed by atoms with van der Waals surface area (Å²) in [6.07, 6.45) is 5.44. The van der Waals surface area contributed by atoms with Crippen molar-refractivity contribution in [2.45, 2.75) is 52.1 Å². The van der Waals surface area contributed by atoms with Crippen LogP contribution in [0.25, 0.3) is 0 Å². The largest absolute Gasteiger partial charge is 0.333 e. The summed E-state index contributed by atoms with van der Waals surface area (Å²) in [5.41, 5.74) is 4.48. The molecule has 1 aliphatic rings. The first kappa shape index (κ1) is 18.6. The van der Waals surface area contributed by atoms with E-state index in [0.29, 0.717) is 13.0 Å². The third-order valence-electron chi connectivity index (χ3n) is 5.21. The minimum atomic E-state index is 0.205. The van der Waals surface area contributed by atoms with Gasteiger partial charge < -0.3 is 10.2 Å². The number of hydrogen-bond donors (Lipinski definition) is 1. The second-order valence-electron chi connectivity index (χ2n) is 7.28. The molecule has 26 heavy (non-hydrogen) atoms. The SMILES string of the molecule is Cc1ccc(C)c(CC(=O)N(Cc2ccccn2)C2CCCNCC2)c1. The lowest BCUT2D eigenvalue weighted by atomic mass is 10.0. The Labute approximate surface area is 156 Å². The molecule has 138 valence electrons. The number of nitrogens with zero attached hydrogens (tertiary/aromatic N) is 2. The second-order valence-corrected chi connectivity index (χ2v) is 7.28. The number of carbonyl (C=O) groups is 1. The molecule has 1 aliphatic heterocycles. The predicted molar refractivity (Wildman–Crippen MR) is 105 cm³/mol. The molecule has 1 N–H and O–H groups in total. The van der Waals surface area contributed by atoms with Crippen LogP contribution in [0.15, 0.2) is 42.6 Å². The Hall–Kier alpha value is -2.20. The fourth-order valence-corrected chi connectivity index (χ4v) is 3.65. The summed E-state index contributed by atoms with van der Waals surface area (Å²) in [4.78, 5) is 19.8. The van der Waals surface area contributed by atoms with E-state index in [1.165, 1.54) is 11.1 Å². The summed E-state index contributed by atoms with van der Waals surface area (Å²) in [5, 5.41) is 3.45. The molecule has 1 saturated heterocycles. The van der Waals surface area contributed by atoms with Crippen molar-refractivity contribution in [2.75, 3.05) is 13.1 Å². The van der Waals surface area contributed by atoms with Crippen molar-refractivity contribution >= 4 is 5.91 Å². The van der Waals surface area contributed by atoms with E-state index in [0.717, 1.165) is 43.6 Å². The van der Waals surface area contributed by atoms with Crippen molar-refractivity contribution in [3.05, 3.63) is 65.0 Å². The summed E-state index contributed by atoms with van der Waals surface area (Å²) in [5.74, 6) is 0.205. The first-order chi connectivity index (χ1) is 12.6. The molecule has 1 aromatic heterocycles. The van der Waals surface area contributed by atoms with Crippen LogP contribution in [-0.4, -0.2) is 34.9 Å². The number of amides is 1. The van der Waals surface area contributed by atoms with Crippen LogP contribution in [-0.2, 0) is 17.8 Å². The standard InChI is InChI=1S/C22H29N3O/c1-17-8-9-18(2)19(14-17)15-22(26)25(16-20-6-3-4-12-24-20)21-7-5-11-23-13-10-21/h3-4,6,8-9,12,14,21,23H,5,7,10-11,13,15-16H2,1-2H3. The van der Waals surface area contributed by atoms with Gasteiger partial charge in [-0.1, -0.05) is 29.8 Å². The van der Waals surface area contributed by atoms with Crippen molar-refractivity contribution in [1.29, 1.82) is 0 Å². The van der Waals surface area contributed by atoms with Gasteiger partial charge in [-0.2, -0.15) is 0 Å². The Morgan fingerprint density at radius 3 is 2.88 bits per heavy atom. The maximum absolute atomic E-state index is 13.3. The van der Waals surface area contributed by atoms with Crippen LogP contribution in [0.1, 0.15) is 41.6 Å². The van der Waals surface area contributed by atoms with Gasteiger partial charge in [-0.05, 0) is 69.5 Å². The Morgan fingerprint density at radius 1 is 1.19 bits per heavy atom. The highest BCUT2D eigenvalue weighted by Crippen LogP contribution is 2.19. The molecular formula is C22H29N3O. The molecule has 4 heteroatoms. The topological polar surface area (TPSA) is 45.2 Å². The number of hydrogen-bond acceptors (Lipinski definition) is 3. The number of aryl methyl sites for hydroxylation is 2. The fourth-order valence-electron chi connectivity index (χ4n) is 3.65. The van der Waals surface area contributed by atoms with Gasteiger partial charge in [-0.25, -0.2) is 0 Å². The van der Waals surface area contributed by atoms with Crippen LogP contribution < -0.4 is 5.32 Å². The van der Waals surface area contributed by atoms with Crippen LogP contribution in [0.2, 0.25) is 0 Å². The van der Waals surface area contributed by atoms with Gasteiger partial charge in [0.25, 0.3) is 0 Å². The normalized spacial score (nSPS) is 17.5. The molecule has 1 fully saturated rings. The van der Waals surface area contributed by atoms with Gasteiger partial charge in [0.15, 0.2) is 0 Å². The average Bonchev–Trinajstić information content (AvgIpc) is 2.93. The van der Waals surface area contributed by atoms with Gasteiger partial charge >= 0.3 is 0 Å². The molecule has 0 aliphatic carbocycles. The molecule has 1 amide bonds. The molecule has 1 atom stereocenters. The average molecular weight is 351 g/mol. The highest BCUT2D eigenvalue weighted by atomic mass is 16.2. The highest BCUT2D eigenvalue weighted by Gasteiger charge is 2.25. The number of pyridine rings is 1. The first-order valence-electron chi connectivity index (χ1n) is 9.59. The van der Waals surface area contributed by atoms with Crippen LogP contribution in [0, 0.1) is 13.8 Å². The molecule has 0 saturated carbocycles. The molecule has 1 aromatic carbocycles. The lowest BCUT2D eigenvalue weighted by Crippen LogP contribution is -2.41. The zero-order valence-electron chi connectivity index (χ0n) is 15.9. The van der Waals surface area contributed by atoms with E-state index >= 15 is 0 Å². The van der Waals surface area contributed by atoms with E-state index in [4.69, 9.17) is 0 Å². The lowest BCUT2D eigenvalue weighted by Gasteiger charge is -2.31. The van der Waals surface area contributed by atoms with Gasteiger partial charge in [0.05, 0.1) is 18.7 Å². The van der Waals surface area contributed by atoms with Crippen molar-refractivity contribution in [3.8, 4) is 0 Å². The molecule has 0 bridgehead atoms. The van der Waals surface area contributed by atoms with Gasteiger partial charge in [0.2, 0.25) is 5.91 Å². The molecule has 2 aromatic rings. The third kappa shape index (κ3) is 4.92. The first-order valence-corrected chi connectivity index (χ1v) is 9.59. The van der Waals surface area contributed by atoms with Crippen LogP contribution in [0.5, 0.6) is 0 Å². The smallest absolute Gasteiger partial charge is 0.227 e. The van der Waals surface area contributed by atoms with Gasteiger partial charge in [0, 0.05) is 12.2 Å². The molecule has 1 unspecified atom stereocenters. The number of benzene rings is 1. The Bertz CT molecular complexity index is 721. The summed E-state index contributed by atoms with van der Waals surface area (Å²) in [7, 11) is 0. The van der Waals surface area contributed by atoms with Crippen LogP contribution in [0.3, 0.4) is 0 Å².